The summed E-state index contributed by atoms with van der Waals surface area (Å²) in [4.78, 5) is 12.0. The van der Waals surface area contributed by atoms with Crippen LogP contribution in [0.3, 0.4) is 0 Å². The zero-order valence-corrected chi connectivity index (χ0v) is 10.0. The molecule has 3 heteroatoms. The van der Waals surface area contributed by atoms with E-state index < -0.39 is 5.54 Å². The van der Waals surface area contributed by atoms with Gasteiger partial charge in [0.05, 0.1) is 7.11 Å². The largest absolute Gasteiger partial charge is 0.468 e. The van der Waals surface area contributed by atoms with E-state index in [1.54, 1.807) is 6.08 Å². The number of rotatable bonds is 4. The molecule has 0 heterocycles. The van der Waals surface area contributed by atoms with Gasteiger partial charge in [-0.15, -0.1) is 6.58 Å². The molecular weight excluding hydrogens is 214 g/mol. The minimum absolute atomic E-state index is 0.199. The molecule has 90 valence electrons. The Morgan fingerprint density at radius 3 is 2.53 bits per heavy atom. The van der Waals surface area contributed by atoms with E-state index in [-0.39, 0.29) is 5.97 Å². The highest BCUT2D eigenvalue weighted by Gasteiger charge is 2.44. The van der Waals surface area contributed by atoms with Crippen LogP contribution in [0.2, 0.25) is 0 Å². The van der Waals surface area contributed by atoms with Gasteiger partial charge in [0.15, 0.2) is 0 Å². The number of ether oxygens (including phenoxy) is 1. The van der Waals surface area contributed by atoms with Crippen molar-refractivity contribution in [2.45, 2.75) is 18.4 Å². The van der Waals surface area contributed by atoms with E-state index >= 15 is 0 Å². The summed E-state index contributed by atoms with van der Waals surface area (Å²) in [7, 11) is 1.43. The van der Waals surface area contributed by atoms with Crippen molar-refractivity contribution in [3.63, 3.8) is 0 Å². The van der Waals surface area contributed by atoms with E-state index in [1.165, 1.54) is 18.2 Å². The topological polar surface area (TPSA) is 38.3 Å². The Labute approximate surface area is 101 Å². The lowest BCUT2D eigenvalue weighted by molar-refractivity contribution is -0.148. The van der Waals surface area contributed by atoms with E-state index in [2.05, 4.69) is 24.0 Å². The summed E-state index contributed by atoms with van der Waals surface area (Å²) in [5, 5.41) is 3.25. The number of nitrogens with one attached hydrogen (secondary N) is 1. The van der Waals surface area contributed by atoms with E-state index in [4.69, 9.17) is 4.74 Å². The average Bonchev–Trinajstić information content (AvgIpc) is 2.75. The highest BCUT2D eigenvalue weighted by Crippen LogP contribution is 2.30. The maximum Gasteiger partial charge on any atom is 0.326 e. The zero-order valence-electron chi connectivity index (χ0n) is 10.0. The Hall–Kier alpha value is -1.61. The van der Waals surface area contributed by atoms with Gasteiger partial charge >= 0.3 is 5.97 Å². The van der Waals surface area contributed by atoms with Crippen molar-refractivity contribution in [2.75, 3.05) is 13.7 Å². The monoisotopic (exact) mass is 231 g/mol. The molecule has 0 saturated carbocycles. The van der Waals surface area contributed by atoms with Crippen molar-refractivity contribution in [1.29, 1.82) is 0 Å². The molecule has 0 aliphatic heterocycles. The summed E-state index contributed by atoms with van der Waals surface area (Å²) >= 11 is 0. The predicted octanol–water partition coefficient (Wildman–Crippen LogP) is 1.47. The van der Waals surface area contributed by atoms with E-state index in [0.717, 1.165) is 0 Å². The standard InChI is InChI=1S/C14H17NO2/c1-3-8-15-14(13(16)17-2)9-11-6-4-5-7-12(11)10-14/h3-7,15H,1,8-10H2,2H3. The first kappa shape index (κ1) is 11.9. The molecule has 0 spiro atoms. The fourth-order valence-corrected chi connectivity index (χ4v) is 2.42. The Morgan fingerprint density at radius 1 is 1.47 bits per heavy atom. The van der Waals surface area contributed by atoms with Crippen LogP contribution in [0.5, 0.6) is 0 Å². The fraction of sp³-hybridized carbons (Fsp3) is 0.357. The summed E-state index contributed by atoms with van der Waals surface area (Å²) < 4.78 is 4.93. The number of methoxy groups -OCH3 is 1. The van der Waals surface area contributed by atoms with Crippen molar-refractivity contribution in [1.82, 2.24) is 5.32 Å². The third-order valence-electron chi connectivity index (χ3n) is 3.26. The molecule has 0 atom stereocenters. The number of hydrogen-bond donors (Lipinski definition) is 1. The van der Waals surface area contributed by atoms with Crippen LogP contribution in [0, 0.1) is 0 Å². The van der Waals surface area contributed by atoms with Crippen LogP contribution < -0.4 is 5.32 Å². The molecule has 0 unspecified atom stereocenters. The summed E-state index contributed by atoms with van der Waals surface area (Å²) in [5.41, 5.74) is 1.82. The number of benzene rings is 1. The molecule has 17 heavy (non-hydrogen) atoms. The summed E-state index contributed by atoms with van der Waals surface area (Å²) in [6.45, 7) is 4.27. The SMILES string of the molecule is C=CCNC1(C(=O)OC)Cc2ccccc2C1. The van der Waals surface area contributed by atoms with Crippen molar-refractivity contribution >= 4 is 5.97 Å². The molecule has 1 aromatic rings. The lowest BCUT2D eigenvalue weighted by atomic mass is 9.95. The van der Waals surface area contributed by atoms with E-state index in [1.807, 2.05) is 12.1 Å². The van der Waals surface area contributed by atoms with Gasteiger partial charge in [-0.3, -0.25) is 10.1 Å². The first-order chi connectivity index (χ1) is 8.22. The first-order valence-electron chi connectivity index (χ1n) is 5.73. The maximum atomic E-state index is 12.0. The molecule has 1 aliphatic carbocycles. The lowest BCUT2D eigenvalue weighted by Crippen LogP contribution is -2.53. The normalized spacial score (nSPS) is 16.3. The van der Waals surface area contributed by atoms with Crippen LogP contribution in [-0.4, -0.2) is 25.2 Å². The van der Waals surface area contributed by atoms with Gasteiger partial charge in [-0.1, -0.05) is 30.3 Å². The van der Waals surface area contributed by atoms with E-state index in [0.29, 0.717) is 19.4 Å². The number of hydrogen-bond acceptors (Lipinski definition) is 3. The molecule has 0 fully saturated rings. The molecule has 1 aliphatic rings. The smallest absolute Gasteiger partial charge is 0.326 e. The van der Waals surface area contributed by atoms with Gasteiger partial charge < -0.3 is 4.74 Å². The molecule has 1 N–H and O–H groups in total. The summed E-state index contributed by atoms with van der Waals surface area (Å²) in [5.74, 6) is -0.199. The molecule has 0 aromatic heterocycles. The Bertz CT molecular complexity index is 415. The van der Waals surface area contributed by atoms with Gasteiger partial charge in [-0.05, 0) is 11.1 Å². The molecule has 0 radical (unpaired) electrons. The van der Waals surface area contributed by atoms with Crippen molar-refractivity contribution < 1.29 is 9.53 Å². The number of carbonyl (C=O) groups excluding carboxylic acids is 1. The summed E-state index contributed by atoms with van der Waals surface area (Å²) in [6.07, 6.45) is 3.13. The maximum absolute atomic E-state index is 12.0. The first-order valence-corrected chi connectivity index (χ1v) is 5.73. The van der Waals surface area contributed by atoms with Crippen LogP contribution in [-0.2, 0) is 22.4 Å². The average molecular weight is 231 g/mol. The minimum Gasteiger partial charge on any atom is -0.468 e. The van der Waals surface area contributed by atoms with Crippen molar-refractivity contribution in [3.8, 4) is 0 Å². The number of carbonyl (C=O) groups is 1. The predicted molar refractivity (Wildman–Crippen MR) is 66.8 cm³/mol. The van der Waals surface area contributed by atoms with Crippen molar-refractivity contribution in [2.24, 2.45) is 0 Å². The molecule has 0 saturated heterocycles. The molecule has 1 aromatic carbocycles. The second-order valence-corrected chi connectivity index (χ2v) is 4.37. The van der Waals surface area contributed by atoms with Gasteiger partial charge in [0, 0.05) is 19.4 Å². The quantitative estimate of drug-likeness (QED) is 0.630. The molecule has 3 nitrogen and oxygen atoms in total. The molecular formula is C14H17NO2. The van der Waals surface area contributed by atoms with E-state index in [9.17, 15) is 4.79 Å². The molecule has 0 amide bonds. The lowest BCUT2D eigenvalue weighted by Gasteiger charge is -2.26. The Balaban J connectivity index is 2.27. The zero-order chi connectivity index (χ0) is 12.3. The van der Waals surface area contributed by atoms with Crippen LogP contribution in [0.4, 0.5) is 0 Å². The van der Waals surface area contributed by atoms with Gasteiger partial charge in [-0.25, -0.2) is 0 Å². The molecule has 0 bridgehead atoms. The van der Waals surface area contributed by atoms with Crippen molar-refractivity contribution in [3.05, 3.63) is 48.0 Å². The number of esters is 1. The Morgan fingerprint density at radius 2 is 2.06 bits per heavy atom. The van der Waals surface area contributed by atoms with Gasteiger partial charge in [0.25, 0.3) is 0 Å². The number of fused-ring (bicyclic) bond motifs is 1. The second kappa shape index (κ2) is 4.72. The van der Waals surface area contributed by atoms with Crippen LogP contribution in [0.25, 0.3) is 0 Å². The summed E-state index contributed by atoms with van der Waals surface area (Å²) in [6, 6.07) is 8.13. The minimum atomic E-state index is -0.618. The fourth-order valence-electron chi connectivity index (χ4n) is 2.42. The highest BCUT2D eigenvalue weighted by molar-refractivity contribution is 5.83. The third kappa shape index (κ3) is 2.11. The van der Waals surface area contributed by atoms with Gasteiger partial charge in [-0.2, -0.15) is 0 Å². The molecule has 2 rings (SSSR count). The highest BCUT2D eigenvalue weighted by atomic mass is 16.5. The van der Waals surface area contributed by atoms with Gasteiger partial charge in [0.1, 0.15) is 5.54 Å². The second-order valence-electron chi connectivity index (χ2n) is 4.37. The van der Waals surface area contributed by atoms with Crippen LogP contribution >= 0.6 is 0 Å². The van der Waals surface area contributed by atoms with Gasteiger partial charge in [0.2, 0.25) is 0 Å². The van der Waals surface area contributed by atoms with Crippen LogP contribution in [0.1, 0.15) is 11.1 Å². The third-order valence-corrected chi connectivity index (χ3v) is 3.26. The van der Waals surface area contributed by atoms with Crippen LogP contribution in [0.15, 0.2) is 36.9 Å². The Kier molecular flexibility index (Phi) is 3.29.